The zero-order valence-corrected chi connectivity index (χ0v) is 8.95. The Labute approximate surface area is 92.5 Å². The molecule has 3 heteroatoms. The molecular weight excluding hydrogens is 206 g/mol. The number of hydrogen-bond donors (Lipinski definition) is 1. The Hall–Kier alpha value is -1.61. The minimum Gasteiger partial charge on any atom is -0.411 e. The van der Waals surface area contributed by atoms with Crippen LogP contribution in [0, 0.1) is 0 Å². The van der Waals surface area contributed by atoms with Crippen LogP contribution in [0.15, 0.2) is 53.0 Å². The maximum atomic E-state index is 8.95. The van der Waals surface area contributed by atoms with Gasteiger partial charge in [-0.25, -0.2) is 0 Å². The SMILES string of the molecule is O/N=C(/Cc1ccccc1)c1cccs1. The van der Waals surface area contributed by atoms with Crippen LogP contribution in [0.1, 0.15) is 10.4 Å². The van der Waals surface area contributed by atoms with Crippen LogP contribution in [0.3, 0.4) is 0 Å². The molecule has 0 fully saturated rings. The fourth-order valence-corrected chi connectivity index (χ4v) is 2.11. The monoisotopic (exact) mass is 217 g/mol. The fraction of sp³-hybridized carbons (Fsp3) is 0.0833. The summed E-state index contributed by atoms with van der Waals surface area (Å²) in [6.07, 6.45) is 0.665. The number of nitrogens with zero attached hydrogens (tertiary/aromatic N) is 1. The van der Waals surface area contributed by atoms with Gasteiger partial charge in [-0.05, 0) is 17.0 Å². The van der Waals surface area contributed by atoms with Crippen molar-refractivity contribution in [3.05, 3.63) is 58.3 Å². The van der Waals surface area contributed by atoms with E-state index in [0.29, 0.717) is 6.42 Å². The average molecular weight is 217 g/mol. The van der Waals surface area contributed by atoms with Gasteiger partial charge in [-0.15, -0.1) is 11.3 Å². The van der Waals surface area contributed by atoms with E-state index < -0.39 is 0 Å². The van der Waals surface area contributed by atoms with E-state index in [2.05, 4.69) is 5.16 Å². The van der Waals surface area contributed by atoms with Crippen LogP contribution in [0.4, 0.5) is 0 Å². The van der Waals surface area contributed by atoms with Crippen molar-refractivity contribution in [2.45, 2.75) is 6.42 Å². The third-order valence-corrected chi connectivity index (χ3v) is 3.06. The summed E-state index contributed by atoms with van der Waals surface area (Å²) in [7, 11) is 0. The molecule has 1 N–H and O–H groups in total. The van der Waals surface area contributed by atoms with Crippen molar-refractivity contribution in [2.24, 2.45) is 5.16 Å². The molecule has 0 saturated heterocycles. The van der Waals surface area contributed by atoms with Gasteiger partial charge in [0.1, 0.15) is 5.71 Å². The van der Waals surface area contributed by atoms with Crippen molar-refractivity contribution < 1.29 is 5.21 Å². The van der Waals surface area contributed by atoms with Crippen LogP contribution in [-0.2, 0) is 6.42 Å². The van der Waals surface area contributed by atoms with Crippen molar-refractivity contribution in [3.63, 3.8) is 0 Å². The van der Waals surface area contributed by atoms with Gasteiger partial charge < -0.3 is 5.21 Å². The van der Waals surface area contributed by atoms with Crippen LogP contribution in [0.2, 0.25) is 0 Å². The third-order valence-electron chi connectivity index (χ3n) is 2.14. The molecule has 1 heterocycles. The molecule has 2 rings (SSSR count). The summed E-state index contributed by atoms with van der Waals surface area (Å²) in [6.45, 7) is 0. The van der Waals surface area contributed by atoms with Gasteiger partial charge in [0.15, 0.2) is 0 Å². The first kappa shape index (κ1) is 9.93. The summed E-state index contributed by atoms with van der Waals surface area (Å²) < 4.78 is 0. The van der Waals surface area contributed by atoms with E-state index in [0.717, 1.165) is 16.2 Å². The smallest absolute Gasteiger partial charge is 0.101 e. The molecule has 0 aliphatic carbocycles. The highest BCUT2D eigenvalue weighted by atomic mass is 32.1. The Morgan fingerprint density at radius 3 is 2.53 bits per heavy atom. The topological polar surface area (TPSA) is 32.6 Å². The third kappa shape index (κ3) is 2.44. The minimum absolute atomic E-state index is 0.665. The normalized spacial score (nSPS) is 11.6. The molecule has 1 aromatic heterocycles. The van der Waals surface area contributed by atoms with Crippen LogP contribution < -0.4 is 0 Å². The molecule has 0 bridgehead atoms. The van der Waals surface area contributed by atoms with Crippen LogP contribution >= 0.6 is 11.3 Å². The molecule has 76 valence electrons. The van der Waals surface area contributed by atoms with Gasteiger partial charge in [0, 0.05) is 6.42 Å². The van der Waals surface area contributed by atoms with E-state index in [1.54, 1.807) is 11.3 Å². The molecule has 0 atom stereocenters. The average Bonchev–Trinajstić information content (AvgIpc) is 2.81. The Balaban J connectivity index is 2.18. The zero-order valence-electron chi connectivity index (χ0n) is 8.13. The summed E-state index contributed by atoms with van der Waals surface area (Å²) >= 11 is 1.58. The number of thiophene rings is 1. The molecular formula is C12H11NOS. The number of rotatable bonds is 3. The van der Waals surface area contributed by atoms with Gasteiger partial charge >= 0.3 is 0 Å². The highest BCUT2D eigenvalue weighted by Gasteiger charge is 2.06. The van der Waals surface area contributed by atoms with Crippen molar-refractivity contribution in [1.82, 2.24) is 0 Å². The second-order valence-corrected chi connectivity index (χ2v) is 4.13. The molecule has 0 amide bonds. The standard InChI is InChI=1S/C12H11NOS/c14-13-11(12-7-4-8-15-12)9-10-5-2-1-3-6-10/h1-8,14H,9H2/b13-11-. The molecule has 0 spiro atoms. The van der Waals surface area contributed by atoms with E-state index in [4.69, 9.17) is 5.21 Å². The second kappa shape index (κ2) is 4.75. The van der Waals surface area contributed by atoms with E-state index in [-0.39, 0.29) is 0 Å². The first-order chi connectivity index (χ1) is 7.40. The highest BCUT2D eigenvalue weighted by Crippen LogP contribution is 2.13. The molecule has 0 aliphatic rings. The predicted octanol–water partition coefficient (Wildman–Crippen LogP) is 3.17. The van der Waals surface area contributed by atoms with Crippen molar-refractivity contribution >= 4 is 17.0 Å². The number of hydrogen-bond acceptors (Lipinski definition) is 3. The molecule has 1 aromatic carbocycles. The summed E-state index contributed by atoms with van der Waals surface area (Å²) in [5, 5.41) is 14.3. The second-order valence-electron chi connectivity index (χ2n) is 3.19. The summed E-state index contributed by atoms with van der Waals surface area (Å²) in [6, 6.07) is 13.9. The summed E-state index contributed by atoms with van der Waals surface area (Å²) in [5.41, 5.74) is 1.87. The van der Waals surface area contributed by atoms with Crippen molar-refractivity contribution in [3.8, 4) is 0 Å². The molecule has 15 heavy (non-hydrogen) atoms. The zero-order chi connectivity index (χ0) is 10.5. The summed E-state index contributed by atoms with van der Waals surface area (Å²) in [5.74, 6) is 0. The van der Waals surface area contributed by atoms with Gasteiger partial charge in [0.25, 0.3) is 0 Å². The van der Waals surface area contributed by atoms with Gasteiger partial charge in [-0.2, -0.15) is 0 Å². The van der Waals surface area contributed by atoms with E-state index >= 15 is 0 Å². The first-order valence-electron chi connectivity index (χ1n) is 4.69. The largest absolute Gasteiger partial charge is 0.411 e. The maximum absolute atomic E-state index is 8.95. The van der Waals surface area contributed by atoms with Gasteiger partial charge in [-0.3, -0.25) is 0 Å². The van der Waals surface area contributed by atoms with E-state index in [1.165, 1.54) is 0 Å². The Kier molecular flexibility index (Phi) is 3.15. The van der Waals surface area contributed by atoms with Crippen LogP contribution in [0.5, 0.6) is 0 Å². The molecule has 0 unspecified atom stereocenters. The lowest BCUT2D eigenvalue weighted by Crippen LogP contribution is -2.02. The highest BCUT2D eigenvalue weighted by molar-refractivity contribution is 7.12. The van der Waals surface area contributed by atoms with E-state index in [1.807, 2.05) is 47.8 Å². The van der Waals surface area contributed by atoms with Gasteiger partial charge in [0.2, 0.25) is 0 Å². The number of benzene rings is 1. The van der Waals surface area contributed by atoms with Gasteiger partial charge in [0.05, 0.1) is 4.88 Å². The van der Waals surface area contributed by atoms with Gasteiger partial charge in [-0.1, -0.05) is 41.6 Å². The van der Waals surface area contributed by atoms with Crippen LogP contribution in [0.25, 0.3) is 0 Å². The molecule has 2 nitrogen and oxygen atoms in total. The van der Waals surface area contributed by atoms with Crippen LogP contribution in [-0.4, -0.2) is 10.9 Å². The molecule has 0 saturated carbocycles. The molecule has 0 aliphatic heterocycles. The fourth-order valence-electron chi connectivity index (χ4n) is 1.40. The van der Waals surface area contributed by atoms with Crippen molar-refractivity contribution in [2.75, 3.05) is 0 Å². The Morgan fingerprint density at radius 1 is 1.13 bits per heavy atom. The van der Waals surface area contributed by atoms with E-state index in [9.17, 15) is 0 Å². The lowest BCUT2D eigenvalue weighted by molar-refractivity contribution is 0.318. The van der Waals surface area contributed by atoms with Crippen molar-refractivity contribution in [1.29, 1.82) is 0 Å². The first-order valence-corrected chi connectivity index (χ1v) is 5.57. The quantitative estimate of drug-likeness (QED) is 0.478. The lowest BCUT2D eigenvalue weighted by atomic mass is 10.1. The molecule has 2 aromatic rings. The lowest BCUT2D eigenvalue weighted by Gasteiger charge is -2.01. The predicted molar refractivity (Wildman–Crippen MR) is 62.8 cm³/mol. The Morgan fingerprint density at radius 2 is 1.93 bits per heavy atom. The Bertz CT molecular complexity index is 434. The number of oxime groups is 1. The summed E-state index contributed by atoms with van der Waals surface area (Å²) in [4.78, 5) is 1.02. The maximum Gasteiger partial charge on any atom is 0.101 e. The molecule has 0 radical (unpaired) electrons. The minimum atomic E-state index is 0.665.